The predicted molar refractivity (Wildman–Crippen MR) is 124 cm³/mol. The number of aliphatic carboxylic acids is 1. The van der Waals surface area contributed by atoms with Gasteiger partial charge in [-0.05, 0) is 55.9 Å². The van der Waals surface area contributed by atoms with Crippen molar-refractivity contribution >= 4 is 28.0 Å². The summed E-state index contributed by atoms with van der Waals surface area (Å²) >= 11 is 3.37. The summed E-state index contributed by atoms with van der Waals surface area (Å²) in [5.41, 5.74) is 5.17. The molecule has 2 N–H and O–H groups in total. The van der Waals surface area contributed by atoms with E-state index in [2.05, 4.69) is 33.4 Å². The summed E-state index contributed by atoms with van der Waals surface area (Å²) in [4.78, 5) is 24.2. The smallest absolute Gasteiger partial charge is 0.407 e. The third kappa shape index (κ3) is 4.48. The minimum absolute atomic E-state index is 0.0906. The minimum atomic E-state index is -1.14. The molecular formula is C25H22BrNO5. The van der Waals surface area contributed by atoms with E-state index >= 15 is 0 Å². The van der Waals surface area contributed by atoms with Crippen LogP contribution in [0.2, 0.25) is 0 Å². The number of benzene rings is 3. The highest BCUT2D eigenvalue weighted by molar-refractivity contribution is 9.10. The summed E-state index contributed by atoms with van der Waals surface area (Å²) in [6.07, 6.45) is -0.660. The first-order chi connectivity index (χ1) is 15.5. The Kier molecular flexibility index (Phi) is 6.46. The van der Waals surface area contributed by atoms with Crippen molar-refractivity contribution in [3.8, 4) is 16.9 Å². The van der Waals surface area contributed by atoms with Crippen LogP contribution in [0.15, 0.2) is 71.2 Å². The van der Waals surface area contributed by atoms with Crippen molar-refractivity contribution in [1.29, 1.82) is 0 Å². The molecule has 0 aliphatic heterocycles. The van der Waals surface area contributed by atoms with Crippen molar-refractivity contribution in [3.05, 3.63) is 87.9 Å². The summed E-state index contributed by atoms with van der Waals surface area (Å²) < 4.78 is 11.5. The summed E-state index contributed by atoms with van der Waals surface area (Å²) in [5, 5.41) is 12.1. The van der Waals surface area contributed by atoms with Crippen molar-refractivity contribution in [2.24, 2.45) is 0 Å². The molecule has 0 saturated carbocycles. The van der Waals surface area contributed by atoms with E-state index in [4.69, 9.17) is 9.47 Å². The van der Waals surface area contributed by atoms with E-state index in [1.54, 1.807) is 18.2 Å². The van der Waals surface area contributed by atoms with Gasteiger partial charge in [0.15, 0.2) is 0 Å². The lowest BCUT2D eigenvalue weighted by molar-refractivity contribution is -0.139. The van der Waals surface area contributed by atoms with Gasteiger partial charge in [-0.1, -0.05) is 54.6 Å². The van der Waals surface area contributed by atoms with Gasteiger partial charge >= 0.3 is 12.1 Å². The Bertz CT molecular complexity index is 1120. The third-order valence-corrected chi connectivity index (χ3v) is 6.24. The zero-order chi connectivity index (χ0) is 22.7. The van der Waals surface area contributed by atoms with Gasteiger partial charge in [0.05, 0.1) is 11.6 Å². The highest BCUT2D eigenvalue weighted by Gasteiger charge is 2.29. The largest absolute Gasteiger partial charge is 0.496 e. The summed E-state index contributed by atoms with van der Waals surface area (Å²) in [7, 11) is 1.54. The van der Waals surface area contributed by atoms with Crippen LogP contribution in [0.4, 0.5) is 4.79 Å². The zero-order valence-electron chi connectivity index (χ0n) is 17.4. The number of alkyl carbamates (subject to hydrolysis) is 1. The number of ether oxygens (including phenoxy) is 2. The third-order valence-electron chi connectivity index (χ3n) is 5.59. The van der Waals surface area contributed by atoms with Gasteiger partial charge in [-0.2, -0.15) is 0 Å². The maximum absolute atomic E-state index is 12.5. The summed E-state index contributed by atoms with van der Waals surface area (Å²) in [6.45, 7) is 0.123. The Morgan fingerprint density at radius 3 is 2.25 bits per heavy atom. The highest BCUT2D eigenvalue weighted by Crippen LogP contribution is 2.44. The first-order valence-electron chi connectivity index (χ1n) is 10.1. The van der Waals surface area contributed by atoms with Crippen LogP contribution < -0.4 is 10.1 Å². The molecule has 32 heavy (non-hydrogen) atoms. The van der Waals surface area contributed by atoms with Crippen molar-refractivity contribution in [3.63, 3.8) is 0 Å². The van der Waals surface area contributed by atoms with Gasteiger partial charge in [0.2, 0.25) is 0 Å². The molecule has 0 radical (unpaired) electrons. The number of nitrogens with one attached hydrogen (secondary N) is 1. The van der Waals surface area contributed by atoms with Crippen LogP contribution >= 0.6 is 15.9 Å². The number of hydrogen-bond acceptors (Lipinski definition) is 4. The Morgan fingerprint density at radius 1 is 1.03 bits per heavy atom. The SMILES string of the molecule is COc1cc(C[C@H](NC(=O)OCC2c3ccccc3-c3ccccc32)C(=O)O)ccc1Br. The van der Waals surface area contributed by atoms with Crippen LogP contribution in [0.1, 0.15) is 22.6 Å². The van der Waals surface area contributed by atoms with Crippen molar-refractivity contribution in [1.82, 2.24) is 5.32 Å². The molecule has 4 rings (SSSR count). The molecule has 0 unspecified atom stereocenters. The average molecular weight is 496 g/mol. The molecule has 1 aliphatic rings. The minimum Gasteiger partial charge on any atom is -0.496 e. The fourth-order valence-electron chi connectivity index (χ4n) is 4.05. The monoisotopic (exact) mass is 495 g/mol. The van der Waals surface area contributed by atoms with Crippen LogP contribution in [0.3, 0.4) is 0 Å². The first kappa shape index (κ1) is 21.9. The van der Waals surface area contributed by atoms with E-state index in [0.717, 1.165) is 32.3 Å². The maximum atomic E-state index is 12.5. The van der Waals surface area contributed by atoms with Gasteiger partial charge < -0.3 is 19.9 Å². The van der Waals surface area contributed by atoms with Gasteiger partial charge in [-0.3, -0.25) is 0 Å². The van der Waals surface area contributed by atoms with Gasteiger partial charge in [0.1, 0.15) is 18.4 Å². The molecule has 0 bridgehead atoms. The van der Waals surface area contributed by atoms with Crippen LogP contribution in [-0.4, -0.2) is 36.9 Å². The van der Waals surface area contributed by atoms with Gasteiger partial charge in [0.25, 0.3) is 0 Å². The molecule has 0 heterocycles. The van der Waals surface area contributed by atoms with Crippen LogP contribution in [0, 0.1) is 0 Å². The Morgan fingerprint density at radius 2 is 1.66 bits per heavy atom. The van der Waals surface area contributed by atoms with Crippen LogP contribution in [0.5, 0.6) is 5.75 Å². The number of hydrogen-bond donors (Lipinski definition) is 2. The van der Waals surface area contributed by atoms with Crippen molar-refractivity contribution < 1.29 is 24.2 Å². The summed E-state index contributed by atoms with van der Waals surface area (Å²) in [6, 6.07) is 20.2. The summed E-state index contributed by atoms with van der Waals surface area (Å²) in [5.74, 6) is -0.639. The second-order valence-corrected chi connectivity index (χ2v) is 8.39. The van der Waals surface area contributed by atoms with E-state index < -0.39 is 18.1 Å². The van der Waals surface area contributed by atoms with E-state index in [0.29, 0.717) is 5.75 Å². The van der Waals surface area contributed by atoms with Crippen molar-refractivity contribution in [2.45, 2.75) is 18.4 Å². The lowest BCUT2D eigenvalue weighted by Crippen LogP contribution is -2.42. The average Bonchev–Trinajstić information content (AvgIpc) is 3.12. The zero-order valence-corrected chi connectivity index (χ0v) is 19.0. The molecule has 0 saturated heterocycles. The number of rotatable bonds is 7. The second kappa shape index (κ2) is 9.44. The molecule has 0 fully saturated rings. The number of methoxy groups -OCH3 is 1. The first-order valence-corrected chi connectivity index (χ1v) is 10.9. The highest BCUT2D eigenvalue weighted by atomic mass is 79.9. The molecule has 1 atom stereocenters. The number of carboxylic acids is 1. The number of carbonyl (C=O) groups excluding carboxylic acids is 1. The number of carbonyl (C=O) groups is 2. The van der Waals surface area contributed by atoms with Crippen molar-refractivity contribution in [2.75, 3.05) is 13.7 Å². The van der Waals surface area contributed by atoms with Gasteiger partial charge in [-0.15, -0.1) is 0 Å². The quantitative estimate of drug-likeness (QED) is 0.482. The number of halogens is 1. The molecule has 0 aromatic heterocycles. The molecule has 0 spiro atoms. The molecule has 3 aromatic carbocycles. The molecule has 1 amide bonds. The maximum Gasteiger partial charge on any atom is 0.407 e. The Hall–Kier alpha value is -3.32. The lowest BCUT2D eigenvalue weighted by Gasteiger charge is -2.18. The van der Waals surface area contributed by atoms with Gasteiger partial charge in [-0.25, -0.2) is 9.59 Å². The number of fused-ring (bicyclic) bond motifs is 3. The lowest BCUT2D eigenvalue weighted by atomic mass is 9.98. The van der Waals surface area contributed by atoms with E-state index in [-0.39, 0.29) is 18.9 Å². The fourth-order valence-corrected chi connectivity index (χ4v) is 4.46. The number of amides is 1. The van der Waals surface area contributed by atoms with E-state index in [1.807, 2.05) is 36.4 Å². The normalized spacial score (nSPS) is 13.1. The molecule has 164 valence electrons. The topological polar surface area (TPSA) is 84.9 Å². The molecule has 6 nitrogen and oxygen atoms in total. The van der Waals surface area contributed by atoms with Crippen LogP contribution in [-0.2, 0) is 16.0 Å². The van der Waals surface area contributed by atoms with E-state index in [9.17, 15) is 14.7 Å². The Balaban J connectivity index is 1.43. The molecule has 3 aromatic rings. The van der Waals surface area contributed by atoms with E-state index in [1.165, 1.54) is 7.11 Å². The standard InChI is InChI=1S/C25H22BrNO5/c1-31-23-13-15(10-11-21(23)26)12-22(24(28)29)27-25(30)32-14-20-18-8-4-2-6-16(18)17-7-3-5-9-19(17)20/h2-11,13,20,22H,12,14H2,1H3,(H,27,30)(H,28,29)/t22-/m0/s1. The second-order valence-electron chi connectivity index (χ2n) is 7.53. The molecule has 7 heteroatoms. The van der Waals surface area contributed by atoms with Gasteiger partial charge in [0, 0.05) is 12.3 Å². The number of carboxylic acid groups (broad SMARTS) is 1. The Labute approximate surface area is 194 Å². The fraction of sp³-hybridized carbons (Fsp3) is 0.200. The molecular weight excluding hydrogens is 474 g/mol. The van der Waals surface area contributed by atoms with Crippen LogP contribution in [0.25, 0.3) is 11.1 Å². The molecule has 1 aliphatic carbocycles. The predicted octanol–water partition coefficient (Wildman–Crippen LogP) is 4.99.